The molecule has 1 amide bonds. The van der Waals surface area contributed by atoms with Gasteiger partial charge in [-0.2, -0.15) is 0 Å². The van der Waals surface area contributed by atoms with E-state index in [4.69, 9.17) is 21.1 Å². The van der Waals surface area contributed by atoms with Gasteiger partial charge in [-0.05, 0) is 131 Å². The SMILES string of the molecule is C=S1(=O)CCC/C=C/[C@@H](OCC(=O)CCCN(C)C)[C@@H]2CC[C@H]2CN2C[C@@]3(CCCc4cc(Cl)ccc43)COc3ccc(cc32)C(=O)N1. The molecule has 2 aliphatic heterocycles. The Balaban J connectivity index is 1.32. The minimum atomic E-state index is -2.84. The maximum absolute atomic E-state index is 13.4. The van der Waals surface area contributed by atoms with E-state index in [-0.39, 0.29) is 41.5 Å². The van der Waals surface area contributed by atoms with Gasteiger partial charge < -0.3 is 19.3 Å². The van der Waals surface area contributed by atoms with Crippen LogP contribution in [0.2, 0.25) is 5.02 Å². The molecule has 1 N–H and O–H groups in total. The van der Waals surface area contributed by atoms with Gasteiger partial charge in [-0.3, -0.25) is 14.3 Å². The first-order valence-electron chi connectivity index (χ1n) is 17.4. The minimum Gasteiger partial charge on any atom is -0.490 e. The molecule has 260 valence electrons. The lowest BCUT2D eigenvalue weighted by molar-refractivity contribution is -0.127. The number of anilines is 1. The smallest absolute Gasteiger partial charge is 0.262 e. The fourth-order valence-corrected chi connectivity index (χ4v) is 9.30. The number of ether oxygens (including phenoxy) is 2. The molecule has 4 aliphatic rings. The zero-order chi connectivity index (χ0) is 33.9. The number of nitrogens with zero attached hydrogens (tertiary/aromatic N) is 2. The first-order valence-corrected chi connectivity index (χ1v) is 19.7. The van der Waals surface area contributed by atoms with Crippen LogP contribution >= 0.6 is 11.6 Å². The number of allylic oxidation sites excluding steroid dienone is 1. The molecule has 2 aromatic carbocycles. The normalized spacial score (nSPS) is 29.5. The van der Waals surface area contributed by atoms with Crippen molar-refractivity contribution in [1.82, 2.24) is 9.62 Å². The molecule has 48 heavy (non-hydrogen) atoms. The standard InChI is InChI=1S/C38H50ClN3O5S/c1-41(2)19-8-10-31(43)24-46-35-11-5-4-6-20-48(3,45)40-37(44)28-13-17-36-34(22-28)42(23-29-12-15-32(29)35)25-38(26-47-36)18-7-9-27-21-30(39)14-16-33(27)38/h5,11,13-14,16-17,21-22,29,32,35H,3-4,6-10,12,15,18-20,23-26H2,1-2H3,(H,40,44,45)/b11-5+/t29-,32+,35+,38-,48?/m0/s1. The van der Waals surface area contributed by atoms with Crippen molar-refractivity contribution in [1.29, 1.82) is 0 Å². The summed E-state index contributed by atoms with van der Waals surface area (Å²) in [7, 11) is 1.20. The summed E-state index contributed by atoms with van der Waals surface area (Å²) >= 11 is 6.45. The Morgan fingerprint density at radius 2 is 2.06 bits per heavy atom. The lowest BCUT2D eigenvalue weighted by atomic mass is 9.68. The van der Waals surface area contributed by atoms with Gasteiger partial charge in [0.25, 0.3) is 5.91 Å². The average Bonchev–Trinajstić information content (AvgIpc) is 3.17. The molecule has 1 fully saturated rings. The highest BCUT2D eigenvalue weighted by Gasteiger charge is 2.44. The topological polar surface area (TPSA) is 88.2 Å². The molecule has 2 bridgehead atoms. The third kappa shape index (κ3) is 8.12. The van der Waals surface area contributed by atoms with Crippen LogP contribution < -0.4 is 14.4 Å². The fourth-order valence-electron chi connectivity index (χ4n) is 7.91. The maximum atomic E-state index is 13.4. The van der Waals surface area contributed by atoms with Gasteiger partial charge in [-0.15, -0.1) is 0 Å². The van der Waals surface area contributed by atoms with E-state index >= 15 is 0 Å². The monoisotopic (exact) mass is 695 g/mol. The van der Waals surface area contributed by atoms with Crippen molar-refractivity contribution < 1.29 is 23.3 Å². The van der Waals surface area contributed by atoms with Gasteiger partial charge in [0.05, 0.1) is 18.4 Å². The number of hydrogen-bond donors (Lipinski definition) is 1. The van der Waals surface area contributed by atoms with Crippen LogP contribution in [-0.2, 0) is 31.1 Å². The van der Waals surface area contributed by atoms with E-state index in [1.165, 1.54) is 11.1 Å². The van der Waals surface area contributed by atoms with Crippen molar-refractivity contribution in [3.05, 3.63) is 70.3 Å². The molecule has 5 atom stereocenters. The molecular formula is C38H50ClN3O5S. The number of hydrogen-bond acceptors (Lipinski definition) is 7. The molecule has 1 unspecified atom stereocenters. The van der Waals surface area contributed by atoms with Crippen LogP contribution in [0.1, 0.15) is 72.9 Å². The van der Waals surface area contributed by atoms with Crippen LogP contribution in [0, 0.1) is 11.8 Å². The lowest BCUT2D eigenvalue weighted by Gasteiger charge is -2.46. The van der Waals surface area contributed by atoms with E-state index in [0.29, 0.717) is 37.4 Å². The third-order valence-corrected chi connectivity index (χ3v) is 12.3. The number of aryl methyl sites for hydroxylation is 1. The second-order valence-electron chi connectivity index (χ2n) is 14.5. The molecule has 1 saturated carbocycles. The Bertz CT molecular complexity index is 1640. The van der Waals surface area contributed by atoms with Crippen LogP contribution in [0.4, 0.5) is 5.69 Å². The number of amides is 1. The Kier molecular flexibility index (Phi) is 10.9. The summed E-state index contributed by atoms with van der Waals surface area (Å²) in [6.07, 6.45) is 11.7. The van der Waals surface area contributed by atoms with E-state index in [2.05, 4.69) is 44.7 Å². The Morgan fingerprint density at radius 1 is 1.21 bits per heavy atom. The number of Topliss-reactive ketones (excluding diaryl/α,β-unsaturated/α-hetero) is 1. The average molecular weight is 696 g/mol. The predicted molar refractivity (Wildman–Crippen MR) is 195 cm³/mol. The zero-order valence-electron chi connectivity index (χ0n) is 28.4. The number of benzene rings is 2. The van der Waals surface area contributed by atoms with Crippen molar-refractivity contribution in [3.63, 3.8) is 0 Å². The first-order chi connectivity index (χ1) is 23.0. The van der Waals surface area contributed by atoms with Crippen molar-refractivity contribution >= 4 is 44.6 Å². The third-order valence-electron chi connectivity index (χ3n) is 10.6. The Morgan fingerprint density at radius 3 is 2.85 bits per heavy atom. The molecule has 2 aromatic rings. The van der Waals surface area contributed by atoms with E-state index in [0.717, 1.165) is 74.6 Å². The molecule has 8 nitrogen and oxygen atoms in total. The number of ketones is 1. The molecule has 2 heterocycles. The van der Waals surface area contributed by atoms with Crippen LogP contribution in [0.3, 0.4) is 0 Å². The number of carbonyl (C=O) groups excluding carboxylic acids is 2. The number of carbonyl (C=O) groups is 2. The van der Waals surface area contributed by atoms with E-state index in [1.54, 1.807) is 6.07 Å². The number of nitrogens with one attached hydrogen (secondary N) is 1. The predicted octanol–water partition coefficient (Wildman–Crippen LogP) is 5.85. The van der Waals surface area contributed by atoms with Crippen LogP contribution in [0.15, 0.2) is 48.6 Å². The molecule has 6 rings (SSSR count). The highest BCUT2D eigenvalue weighted by Crippen LogP contribution is 2.47. The molecular weight excluding hydrogens is 646 g/mol. The summed E-state index contributed by atoms with van der Waals surface area (Å²) in [6.45, 7) is 3.02. The van der Waals surface area contributed by atoms with Gasteiger partial charge in [0.15, 0.2) is 5.78 Å². The fraction of sp³-hybridized carbons (Fsp3) is 0.553. The summed E-state index contributed by atoms with van der Waals surface area (Å²) in [5.41, 5.74) is 3.64. The van der Waals surface area contributed by atoms with Crippen LogP contribution in [-0.4, -0.2) is 85.5 Å². The van der Waals surface area contributed by atoms with Crippen molar-refractivity contribution in [3.8, 4) is 5.75 Å². The zero-order valence-corrected chi connectivity index (χ0v) is 30.0. The second kappa shape index (κ2) is 15.0. The van der Waals surface area contributed by atoms with Gasteiger partial charge in [0.1, 0.15) is 12.4 Å². The largest absolute Gasteiger partial charge is 0.490 e. The summed E-state index contributed by atoms with van der Waals surface area (Å²) in [5, 5.41) is 0.749. The first kappa shape index (κ1) is 35.0. The lowest BCUT2D eigenvalue weighted by Crippen LogP contribution is -2.49. The van der Waals surface area contributed by atoms with Gasteiger partial charge >= 0.3 is 0 Å². The molecule has 0 saturated heterocycles. The van der Waals surface area contributed by atoms with Crippen molar-refractivity contribution in [2.45, 2.75) is 69.3 Å². The second-order valence-corrected chi connectivity index (χ2v) is 17.2. The molecule has 1 spiro atoms. The van der Waals surface area contributed by atoms with E-state index in [9.17, 15) is 13.8 Å². The van der Waals surface area contributed by atoms with Crippen molar-refractivity contribution in [2.24, 2.45) is 11.8 Å². The van der Waals surface area contributed by atoms with E-state index in [1.807, 2.05) is 32.3 Å². The molecule has 0 radical (unpaired) electrons. The van der Waals surface area contributed by atoms with Crippen molar-refractivity contribution in [2.75, 3.05) is 57.6 Å². The number of halogens is 1. The van der Waals surface area contributed by atoms with Crippen LogP contribution in [0.5, 0.6) is 5.75 Å². The minimum absolute atomic E-state index is 0.108. The highest BCUT2D eigenvalue weighted by molar-refractivity contribution is 7.99. The van der Waals surface area contributed by atoms with Gasteiger partial charge in [0, 0.05) is 51.0 Å². The number of fused-ring (bicyclic) bond motifs is 4. The van der Waals surface area contributed by atoms with Gasteiger partial charge in [0.2, 0.25) is 0 Å². The number of rotatable bonds is 7. The maximum Gasteiger partial charge on any atom is 0.262 e. The van der Waals surface area contributed by atoms with Gasteiger partial charge in [-0.1, -0.05) is 29.8 Å². The molecule has 2 aliphatic carbocycles. The molecule has 0 aromatic heterocycles. The summed E-state index contributed by atoms with van der Waals surface area (Å²) in [4.78, 5) is 30.7. The highest BCUT2D eigenvalue weighted by atomic mass is 35.5. The summed E-state index contributed by atoms with van der Waals surface area (Å²) < 4.78 is 29.1. The Labute approximate surface area is 291 Å². The van der Waals surface area contributed by atoms with Gasteiger partial charge in [-0.25, -0.2) is 4.21 Å². The molecule has 10 heteroatoms. The van der Waals surface area contributed by atoms with E-state index < -0.39 is 9.71 Å². The quantitative estimate of drug-likeness (QED) is 0.288. The Hall–Kier alpha value is -2.85. The van der Waals surface area contributed by atoms with Crippen LogP contribution in [0.25, 0.3) is 0 Å². The summed E-state index contributed by atoms with van der Waals surface area (Å²) in [6, 6.07) is 11.8. The summed E-state index contributed by atoms with van der Waals surface area (Å²) in [5.74, 6) is 5.23.